The molecule has 0 saturated heterocycles. The van der Waals surface area contributed by atoms with Gasteiger partial charge in [-0.2, -0.15) is 0 Å². The highest BCUT2D eigenvalue weighted by Crippen LogP contribution is 2.33. The normalized spacial score (nSPS) is 12.0. The SMILES string of the molecule is CCCCCCCCCCCCc1ccc(O)c(C(N=O)c2ccccc2)c1. The van der Waals surface area contributed by atoms with E-state index in [0.29, 0.717) is 5.56 Å². The van der Waals surface area contributed by atoms with Crippen LogP contribution >= 0.6 is 0 Å². The summed E-state index contributed by atoms with van der Waals surface area (Å²) in [7, 11) is 0. The molecule has 0 radical (unpaired) electrons. The molecule has 1 atom stereocenters. The molecule has 0 amide bonds. The minimum Gasteiger partial charge on any atom is -0.508 e. The van der Waals surface area contributed by atoms with Gasteiger partial charge in [-0.25, -0.2) is 0 Å². The second kappa shape index (κ2) is 13.1. The predicted octanol–water partition coefficient (Wildman–Crippen LogP) is 7.71. The summed E-state index contributed by atoms with van der Waals surface area (Å²) in [6.45, 7) is 2.26. The van der Waals surface area contributed by atoms with E-state index in [1.807, 2.05) is 42.5 Å². The van der Waals surface area contributed by atoms with E-state index < -0.39 is 6.04 Å². The Hall–Kier alpha value is -2.16. The molecule has 1 N–H and O–H groups in total. The molecule has 0 spiro atoms. The van der Waals surface area contributed by atoms with Crippen molar-refractivity contribution in [1.82, 2.24) is 0 Å². The molecule has 0 heterocycles. The van der Waals surface area contributed by atoms with E-state index >= 15 is 0 Å². The Morgan fingerprint density at radius 1 is 0.821 bits per heavy atom. The zero-order chi connectivity index (χ0) is 20.0. The van der Waals surface area contributed by atoms with E-state index in [-0.39, 0.29) is 5.75 Å². The van der Waals surface area contributed by atoms with Gasteiger partial charge in [0.05, 0.1) is 0 Å². The Labute approximate surface area is 170 Å². The van der Waals surface area contributed by atoms with Crippen molar-refractivity contribution in [3.8, 4) is 5.75 Å². The number of aryl methyl sites for hydroxylation is 1. The average molecular weight is 382 g/mol. The minimum atomic E-state index is -0.658. The molecule has 28 heavy (non-hydrogen) atoms. The Kier molecular flexibility index (Phi) is 10.3. The summed E-state index contributed by atoms with van der Waals surface area (Å²) in [5.74, 6) is 0.139. The van der Waals surface area contributed by atoms with Gasteiger partial charge in [0.2, 0.25) is 0 Å². The van der Waals surface area contributed by atoms with E-state index in [1.165, 1.54) is 57.8 Å². The van der Waals surface area contributed by atoms with E-state index in [2.05, 4.69) is 12.1 Å². The van der Waals surface area contributed by atoms with E-state index in [4.69, 9.17) is 0 Å². The fourth-order valence-electron chi connectivity index (χ4n) is 3.73. The van der Waals surface area contributed by atoms with Gasteiger partial charge >= 0.3 is 0 Å². The Morgan fingerprint density at radius 2 is 1.43 bits per heavy atom. The smallest absolute Gasteiger partial charge is 0.145 e. The van der Waals surface area contributed by atoms with Crippen LogP contribution < -0.4 is 0 Å². The largest absolute Gasteiger partial charge is 0.508 e. The number of nitroso groups, excluding NO2 is 1. The van der Waals surface area contributed by atoms with Crippen LogP contribution in [0.2, 0.25) is 0 Å². The molecule has 2 aromatic carbocycles. The van der Waals surface area contributed by atoms with Gasteiger partial charge < -0.3 is 5.11 Å². The quantitative estimate of drug-likeness (QED) is 0.269. The van der Waals surface area contributed by atoms with Gasteiger partial charge in [-0.3, -0.25) is 0 Å². The Bertz CT molecular complexity index is 684. The number of rotatable bonds is 14. The van der Waals surface area contributed by atoms with Crippen molar-refractivity contribution >= 4 is 0 Å². The second-order valence-electron chi connectivity index (χ2n) is 7.74. The minimum absolute atomic E-state index is 0.139. The summed E-state index contributed by atoms with van der Waals surface area (Å²) in [4.78, 5) is 11.5. The average Bonchev–Trinajstić information content (AvgIpc) is 2.73. The first-order valence-corrected chi connectivity index (χ1v) is 11.0. The van der Waals surface area contributed by atoms with Gasteiger partial charge in [0.15, 0.2) is 0 Å². The lowest BCUT2D eigenvalue weighted by molar-refractivity contribution is 0.465. The number of aromatic hydroxyl groups is 1. The van der Waals surface area contributed by atoms with Crippen molar-refractivity contribution in [2.75, 3.05) is 0 Å². The first-order chi connectivity index (χ1) is 13.8. The van der Waals surface area contributed by atoms with Crippen LogP contribution in [0, 0.1) is 4.91 Å². The van der Waals surface area contributed by atoms with E-state index in [0.717, 1.165) is 24.0 Å². The lowest BCUT2D eigenvalue weighted by atomic mass is 9.95. The third kappa shape index (κ3) is 7.46. The molecule has 0 saturated carbocycles. The molecule has 0 aromatic heterocycles. The summed E-state index contributed by atoms with van der Waals surface area (Å²) in [5.41, 5.74) is 2.58. The standard InChI is InChI=1S/C25H35NO2/c1-2-3-4-5-6-7-8-9-10-12-15-21-18-19-24(27)23(20-21)25(26-28)22-16-13-11-14-17-22/h11,13-14,16-20,25,27H,2-10,12,15H2,1H3. The highest BCUT2D eigenvalue weighted by Gasteiger charge is 2.18. The number of phenols is 1. The fourth-order valence-corrected chi connectivity index (χ4v) is 3.73. The maximum absolute atomic E-state index is 11.5. The van der Waals surface area contributed by atoms with Crippen LogP contribution in [0.25, 0.3) is 0 Å². The molecular weight excluding hydrogens is 346 g/mol. The van der Waals surface area contributed by atoms with Crippen molar-refractivity contribution in [3.63, 3.8) is 0 Å². The lowest BCUT2D eigenvalue weighted by Crippen LogP contribution is -1.99. The second-order valence-corrected chi connectivity index (χ2v) is 7.74. The van der Waals surface area contributed by atoms with Crippen LogP contribution in [0.15, 0.2) is 53.7 Å². The van der Waals surface area contributed by atoms with E-state index in [9.17, 15) is 10.0 Å². The zero-order valence-electron chi connectivity index (χ0n) is 17.3. The number of unbranched alkanes of at least 4 members (excludes halogenated alkanes) is 9. The summed E-state index contributed by atoms with van der Waals surface area (Å²) < 4.78 is 0. The number of phenolic OH excluding ortho intramolecular Hbond substituents is 1. The Balaban J connectivity index is 1.78. The molecule has 0 aliphatic carbocycles. The molecule has 0 aliphatic heterocycles. The number of benzene rings is 2. The van der Waals surface area contributed by atoms with Crippen LogP contribution in [0.3, 0.4) is 0 Å². The van der Waals surface area contributed by atoms with Gasteiger partial charge in [-0.05, 0) is 36.1 Å². The van der Waals surface area contributed by atoms with Crippen molar-refractivity contribution < 1.29 is 5.11 Å². The summed E-state index contributed by atoms with van der Waals surface area (Å²) >= 11 is 0. The van der Waals surface area contributed by atoms with Crippen molar-refractivity contribution in [2.24, 2.45) is 5.18 Å². The van der Waals surface area contributed by atoms with Gasteiger partial charge in [-0.1, -0.05) is 106 Å². The maximum atomic E-state index is 11.5. The monoisotopic (exact) mass is 381 g/mol. The molecule has 0 fully saturated rings. The zero-order valence-corrected chi connectivity index (χ0v) is 17.3. The summed E-state index contributed by atoms with van der Waals surface area (Å²) in [5, 5.41) is 13.5. The maximum Gasteiger partial charge on any atom is 0.145 e. The lowest BCUT2D eigenvalue weighted by Gasteiger charge is -2.13. The third-order valence-corrected chi connectivity index (χ3v) is 5.43. The number of hydrogen-bond donors (Lipinski definition) is 1. The Morgan fingerprint density at radius 3 is 2.04 bits per heavy atom. The third-order valence-electron chi connectivity index (χ3n) is 5.43. The summed E-state index contributed by atoms with van der Waals surface area (Å²) in [6.07, 6.45) is 14.2. The topological polar surface area (TPSA) is 49.7 Å². The molecule has 1 unspecified atom stereocenters. The molecule has 0 bridgehead atoms. The van der Waals surface area contributed by atoms with Crippen molar-refractivity contribution in [1.29, 1.82) is 0 Å². The molecular formula is C25H35NO2. The fraction of sp³-hybridized carbons (Fsp3) is 0.520. The highest BCUT2D eigenvalue weighted by molar-refractivity contribution is 5.43. The molecule has 152 valence electrons. The van der Waals surface area contributed by atoms with Crippen LogP contribution in [-0.4, -0.2) is 5.11 Å². The van der Waals surface area contributed by atoms with E-state index in [1.54, 1.807) is 6.07 Å². The number of hydrogen-bond acceptors (Lipinski definition) is 3. The number of nitrogens with zero attached hydrogens (tertiary/aromatic N) is 1. The first-order valence-electron chi connectivity index (χ1n) is 11.0. The predicted molar refractivity (Wildman–Crippen MR) is 118 cm³/mol. The molecule has 3 heteroatoms. The van der Waals surface area contributed by atoms with Crippen LogP contribution in [0.4, 0.5) is 0 Å². The van der Waals surface area contributed by atoms with Gasteiger partial charge in [-0.15, -0.1) is 4.91 Å². The summed E-state index contributed by atoms with van der Waals surface area (Å²) in [6, 6.07) is 14.4. The van der Waals surface area contributed by atoms with Crippen LogP contribution in [0.1, 0.15) is 93.9 Å². The molecule has 2 rings (SSSR count). The molecule has 2 aromatic rings. The molecule has 0 aliphatic rings. The molecule has 3 nitrogen and oxygen atoms in total. The van der Waals surface area contributed by atoms with Crippen molar-refractivity contribution in [2.45, 2.75) is 83.6 Å². The highest BCUT2D eigenvalue weighted by atomic mass is 16.3. The van der Waals surface area contributed by atoms with Gasteiger partial charge in [0.1, 0.15) is 11.8 Å². The first kappa shape index (κ1) is 22.1. The van der Waals surface area contributed by atoms with Gasteiger partial charge in [0, 0.05) is 5.56 Å². The van der Waals surface area contributed by atoms with Gasteiger partial charge in [0.25, 0.3) is 0 Å². The van der Waals surface area contributed by atoms with Crippen LogP contribution in [0.5, 0.6) is 5.75 Å². The van der Waals surface area contributed by atoms with Crippen LogP contribution in [-0.2, 0) is 6.42 Å². The van der Waals surface area contributed by atoms with Crippen molar-refractivity contribution in [3.05, 3.63) is 70.1 Å².